The molecule has 2 amide bonds. The summed E-state index contributed by atoms with van der Waals surface area (Å²) in [6, 6.07) is 5.63. The zero-order valence-corrected chi connectivity index (χ0v) is 14.0. The van der Waals surface area contributed by atoms with E-state index in [0.717, 1.165) is 56.7 Å². The number of rotatable bonds is 5. The van der Waals surface area contributed by atoms with Gasteiger partial charge in [0.15, 0.2) is 0 Å². The van der Waals surface area contributed by atoms with Gasteiger partial charge in [-0.15, -0.1) is 0 Å². The number of carbonyl (C=O) groups is 2. The van der Waals surface area contributed by atoms with E-state index in [1.54, 1.807) is 12.1 Å². The first-order valence-corrected chi connectivity index (χ1v) is 8.85. The van der Waals surface area contributed by atoms with E-state index in [9.17, 15) is 9.59 Å². The van der Waals surface area contributed by atoms with Gasteiger partial charge in [-0.3, -0.25) is 9.59 Å². The molecule has 6 nitrogen and oxygen atoms in total. The van der Waals surface area contributed by atoms with Crippen molar-refractivity contribution in [3.05, 3.63) is 23.8 Å². The molecule has 0 aliphatic carbocycles. The fourth-order valence-corrected chi connectivity index (χ4v) is 3.58. The summed E-state index contributed by atoms with van der Waals surface area (Å²) in [7, 11) is 0. The number of primary amides is 1. The van der Waals surface area contributed by atoms with E-state index < -0.39 is 5.91 Å². The Hall–Kier alpha value is -2.08. The molecule has 1 aromatic carbocycles. The smallest absolute Gasteiger partial charge is 0.250 e. The molecule has 2 aliphatic heterocycles. The maximum absolute atomic E-state index is 12.2. The van der Waals surface area contributed by atoms with Crippen LogP contribution < -0.4 is 21.3 Å². The average molecular weight is 330 g/mol. The normalized spacial score (nSPS) is 20.8. The minimum atomic E-state index is -0.427. The Labute approximate surface area is 142 Å². The molecule has 1 atom stereocenters. The molecule has 0 bridgehead atoms. The first-order valence-electron chi connectivity index (χ1n) is 8.85. The maximum atomic E-state index is 12.2. The number of nitrogens with one attached hydrogen (secondary N) is 2. The number of hydrogen-bond acceptors (Lipinski definition) is 4. The molecule has 24 heavy (non-hydrogen) atoms. The Kier molecular flexibility index (Phi) is 5.35. The molecule has 1 unspecified atom stereocenters. The van der Waals surface area contributed by atoms with E-state index in [-0.39, 0.29) is 11.9 Å². The summed E-state index contributed by atoms with van der Waals surface area (Å²) in [6.07, 6.45) is 6.10. The largest absolute Gasteiger partial charge is 0.371 e. The third kappa shape index (κ3) is 4.06. The van der Waals surface area contributed by atoms with Crippen molar-refractivity contribution in [2.45, 2.75) is 44.6 Å². The molecular weight excluding hydrogens is 304 g/mol. The average Bonchev–Trinajstić information content (AvgIpc) is 3.08. The Bertz CT molecular complexity index is 605. The Morgan fingerprint density at radius 2 is 2.00 bits per heavy atom. The highest BCUT2D eigenvalue weighted by Gasteiger charge is 2.20. The van der Waals surface area contributed by atoms with E-state index in [1.165, 1.54) is 6.42 Å². The van der Waals surface area contributed by atoms with Crippen LogP contribution in [0.15, 0.2) is 18.2 Å². The van der Waals surface area contributed by atoms with Crippen molar-refractivity contribution < 1.29 is 9.59 Å². The molecule has 4 N–H and O–H groups in total. The van der Waals surface area contributed by atoms with Crippen LogP contribution in [0, 0.1) is 0 Å². The molecule has 2 fully saturated rings. The molecule has 0 radical (unpaired) electrons. The molecule has 0 aromatic heterocycles. The first kappa shape index (κ1) is 16.8. The Balaban J connectivity index is 1.73. The lowest BCUT2D eigenvalue weighted by Crippen LogP contribution is -2.32. The topological polar surface area (TPSA) is 87.5 Å². The van der Waals surface area contributed by atoms with Crippen molar-refractivity contribution >= 4 is 23.2 Å². The third-order valence-corrected chi connectivity index (χ3v) is 4.84. The van der Waals surface area contributed by atoms with Crippen molar-refractivity contribution in [3.63, 3.8) is 0 Å². The minimum Gasteiger partial charge on any atom is -0.371 e. The summed E-state index contributed by atoms with van der Waals surface area (Å²) >= 11 is 0. The Morgan fingerprint density at radius 3 is 2.67 bits per heavy atom. The van der Waals surface area contributed by atoms with Gasteiger partial charge in [0.1, 0.15) is 0 Å². The monoisotopic (exact) mass is 330 g/mol. The molecule has 3 rings (SSSR count). The van der Waals surface area contributed by atoms with Gasteiger partial charge in [0.05, 0.1) is 11.3 Å². The number of amides is 2. The first-order chi connectivity index (χ1) is 11.6. The van der Waals surface area contributed by atoms with Crippen molar-refractivity contribution in [1.29, 1.82) is 0 Å². The number of nitrogens with zero attached hydrogens (tertiary/aromatic N) is 1. The third-order valence-electron chi connectivity index (χ3n) is 4.84. The number of anilines is 2. The molecule has 6 heteroatoms. The van der Waals surface area contributed by atoms with Crippen molar-refractivity contribution in [1.82, 2.24) is 5.32 Å². The molecule has 2 saturated heterocycles. The summed E-state index contributed by atoms with van der Waals surface area (Å²) in [5.41, 5.74) is 7.60. The second-order valence-electron chi connectivity index (χ2n) is 6.69. The highest BCUT2D eigenvalue weighted by Crippen LogP contribution is 2.27. The van der Waals surface area contributed by atoms with Crippen molar-refractivity contribution in [3.8, 4) is 0 Å². The highest BCUT2D eigenvalue weighted by atomic mass is 16.2. The van der Waals surface area contributed by atoms with Crippen LogP contribution in [0.5, 0.6) is 0 Å². The van der Waals surface area contributed by atoms with Crippen LogP contribution >= 0.6 is 0 Å². The van der Waals surface area contributed by atoms with Gasteiger partial charge in [-0.05, 0) is 56.8 Å². The molecular formula is C18H26N4O2. The highest BCUT2D eigenvalue weighted by molar-refractivity contribution is 6.00. The standard InChI is InChI=1S/C18H26N4O2/c19-18(24)15-7-6-14(11-16(15)22-9-2-1-3-10-22)21-17(23)12-13-5-4-8-20-13/h6-7,11,13,20H,1-5,8-10,12H2,(H2,19,24)(H,21,23). The lowest BCUT2D eigenvalue weighted by Gasteiger charge is -2.30. The number of piperidine rings is 1. The second kappa shape index (κ2) is 7.66. The van der Waals surface area contributed by atoms with Crippen LogP contribution in [0.2, 0.25) is 0 Å². The van der Waals surface area contributed by atoms with E-state index in [4.69, 9.17) is 5.73 Å². The van der Waals surface area contributed by atoms with Crippen LogP contribution in [-0.2, 0) is 4.79 Å². The number of nitrogens with two attached hydrogens (primary N) is 1. The fourth-order valence-electron chi connectivity index (χ4n) is 3.58. The second-order valence-corrected chi connectivity index (χ2v) is 6.69. The van der Waals surface area contributed by atoms with Crippen LogP contribution in [0.25, 0.3) is 0 Å². The lowest BCUT2D eigenvalue weighted by molar-refractivity contribution is -0.116. The van der Waals surface area contributed by atoms with Crippen LogP contribution in [-0.4, -0.2) is 37.5 Å². The quantitative estimate of drug-likeness (QED) is 0.769. The Morgan fingerprint density at radius 1 is 1.21 bits per heavy atom. The fraction of sp³-hybridized carbons (Fsp3) is 0.556. The molecule has 0 spiro atoms. The predicted molar refractivity (Wildman–Crippen MR) is 95.3 cm³/mol. The summed E-state index contributed by atoms with van der Waals surface area (Å²) < 4.78 is 0. The van der Waals surface area contributed by atoms with E-state index in [1.807, 2.05) is 6.07 Å². The van der Waals surface area contributed by atoms with E-state index >= 15 is 0 Å². The summed E-state index contributed by atoms with van der Waals surface area (Å²) in [6.45, 7) is 2.83. The number of carbonyl (C=O) groups excluding carboxylic acids is 2. The zero-order valence-electron chi connectivity index (χ0n) is 14.0. The van der Waals surface area contributed by atoms with Gasteiger partial charge >= 0.3 is 0 Å². The number of hydrogen-bond donors (Lipinski definition) is 3. The van der Waals surface area contributed by atoms with Gasteiger partial charge in [0.2, 0.25) is 5.91 Å². The molecule has 2 heterocycles. The van der Waals surface area contributed by atoms with Crippen molar-refractivity contribution in [2.75, 3.05) is 29.9 Å². The molecule has 2 aliphatic rings. The van der Waals surface area contributed by atoms with Gasteiger partial charge < -0.3 is 21.3 Å². The SMILES string of the molecule is NC(=O)c1ccc(NC(=O)CC2CCCN2)cc1N1CCCCC1. The summed E-state index contributed by atoms with van der Waals surface area (Å²) in [5, 5.41) is 6.29. The minimum absolute atomic E-state index is 0.00539. The van der Waals surface area contributed by atoms with Gasteiger partial charge in [-0.2, -0.15) is 0 Å². The summed E-state index contributed by atoms with van der Waals surface area (Å²) in [4.78, 5) is 26.1. The van der Waals surface area contributed by atoms with Crippen LogP contribution in [0.1, 0.15) is 48.9 Å². The lowest BCUT2D eigenvalue weighted by atomic mass is 10.1. The molecule has 130 valence electrons. The van der Waals surface area contributed by atoms with Crippen LogP contribution in [0.3, 0.4) is 0 Å². The van der Waals surface area contributed by atoms with Gasteiger partial charge in [0, 0.05) is 31.2 Å². The molecule has 0 saturated carbocycles. The predicted octanol–water partition coefficient (Wildman–Crippen LogP) is 1.86. The van der Waals surface area contributed by atoms with Gasteiger partial charge in [0.25, 0.3) is 5.91 Å². The van der Waals surface area contributed by atoms with Crippen molar-refractivity contribution in [2.24, 2.45) is 5.73 Å². The van der Waals surface area contributed by atoms with Gasteiger partial charge in [-0.1, -0.05) is 0 Å². The van der Waals surface area contributed by atoms with Crippen LogP contribution in [0.4, 0.5) is 11.4 Å². The zero-order chi connectivity index (χ0) is 16.9. The maximum Gasteiger partial charge on any atom is 0.250 e. The summed E-state index contributed by atoms with van der Waals surface area (Å²) in [5.74, 6) is -0.422. The number of benzene rings is 1. The molecule has 1 aromatic rings. The van der Waals surface area contributed by atoms with E-state index in [0.29, 0.717) is 12.0 Å². The van der Waals surface area contributed by atoms with E-state index in [2.05, 4.69) is 15.5 Å². The van der Waals surface area contributed by atoms with Gasteiger partial charge in [-0.25, -0.2) is 0 Å².